The zero-order valence-electron chi connectivity index (χ0n) is 6.73. The maximum Gasteiger partial charge on any atom is 0.264 e. The molecule has 0 aliphatic heterocycles. The van der Waals surface area contributed by atoms with Gasteiger partial charge < -0.3 is 0 Å². The summed E-state index contributed by atoms with van der Waals surface area (Å²) in [4.78, 5) is 0. The molecule has 14 heavy (non-hydrogen) atoms. The van der Waals surface area contributed by atoms with Crippen LogP contribution in [0.2, 0.25) is 5.02 Å². The van der Waals surface area contributed by atoms with Crippen molar-refractivity contribution in [1.82, 2.24) is 0 Å². The summed E-state index contributed by atoms with van der Waals surface area (Å²) in [6.45, 7) is 0. The van der Waals surface area contributed by atoms with E-state index in [1.165, 1.54) is 11.4 Å². The minimum absolute atomic E-state index is 0.250. The van der Waals surface area contributed by atoms with E-state index in [1.54, 1.807) is 0 Å². The van der Waals surface area contributed by atoms with E-state index in [4.69, 9.17) is 11.6 Å². The minimum atomic E-state index is -2.71. The molecule has 1 heterocycles. The Hall–Kier alpha value is -0.740. The molecule has 0 radical (unpaired) electrons. The standard InChI is InChI=1S/C9H4ClF3S/c10-6-3-14-7-2-4(11)1-5(8(6)7)9(12)13/h1-3,9H. The number of halogens is 4. The van der Waals surface area contributed by atoms with Crippen molar-refractivity contribution in [3.8, 4) is 0 Å². The van der Waals surface area contributed by atoms with E-state index < -0.39 is 12.2 Å². The maximum absolute atomic E-state index is 12.9. The van der Waals surface area contributed by atoms with Gasteiger partial charge in [0.05, 0.1) is 5.02 Å². The van der Waals surface area contributed by atoms with Crippen LogP contribution in [-0.2, 0) is 0 Å². The minimum Gasteiger partial charge on any atom is -0.207 e. The number of benzene rings is 1. The molecule has 0 nitrogen and oxygen atoms in total. The largest absolute Gasteiger partial charge is 0.264 e. The Bertz CT molecular complexity index is 478. The number of fused-ring (bicyclic) bond motifs is 1. The van der Waals surface area contributed by atoms with Gasteiger partial charge in [-0.25, -0.2) is 13.2 Å². The van der Waals surface area contributed by atoms with E-state index in [0.29, 0.717) is 4.70 Å². The predicted octanol–water partition coefficient (Wildman–Crippen LogP) is 4.63. The Morgan fingerprint density at radius 2 is 2.00 bits per heavy atom. The topological polar surface area (TPSA) is 0 Å². The Balaban J connectivity index is 2.83. The smallest absolute Gasteiger partial charge is 0.207 e. The van der Waals surface area contributed by atoms with Crippen molar-refractivity contribution in [2.24, 2.45) is 0 Å². The van der Waals surface area contributed by atoms with Crippen LogP contribution in [-0.4, -0.2) is 0 Å². The molecule has 1 aromatic heterocycles. The molecule has 5 heteroatoms. The van der Waals surface area contributed by atoms with Crippen molar-refractivity contribution >= 4 is 33.0 Å². The molecule has 2 rings (SSSR count). The van der Waals surface area contributed by atoms with Gasteiger partial charge in [0.25, 0.3) is 6.43 Å². The van der Waals surface area contributed by atoms with Gasteiger partial charge in [0.1, 0.15) is 5.82 Å². The molecule has 1 aromatic carbocycles. The molecule has 0 amide bonds. The molecule has 0 bridgehead atoms. The van der Waals surface area contributed by atoms with Crippen molar-refractivity contribution in [3.63, 3.8) is 0 Å². The summed E-state index contributed by atoms with van der Waals surface area (Å²) < 4.78 is 38.4. The molecule has 0 aliphatic carbocycles. The molecule has 0 spiro atoms. The normalized spacial score (nSPS) is 11.5. The van der Waals surface area contributed by atoms with Crippen molar-refractivity contribution in [1.29, 1.82) is 0 Å². The number of rotatable bonds is 1. The highest BCUT2D eigenvalue weighted by Crippen LogP contribution is 2.37. The summed E-state index contributed by atoms with van der Waals surface area (Å²) in [5.74, 6) is -0.661. The van der Waals surface area contributed by atoms with Crippen LogP contribution in [0.3, 0.4) is 0 Å². The lowest BCUT2D eigenvalue weighted by Crippen LogP contribution is -1.87. The monoisotopic (exact) mass is 236 g/mol. The van der Waals surface area contributed by atoms with Crippen LogP contribution in [0.15, 0.2) is 17.5 Å². The Morgan fingerprint density at radius 3 is 2.64 bits per heavy atom. The summed E-state index contributed by atoms with van der Waals surface area (Å²) in [7, 11) is 0. The summed E-state index contributed by atoms with van der Waals surface area (Å²) >= 11 is 6.88. The van der Waals surface area contributed by atoms with Crippen LogP contribution >= 0.6 is 22.9 Å². The lowest BCUT2D eigenvalue weighted by molar-refractivity contribution is 0.152. The summed E-state index contributed by atoms with van der Waals surface area (Å²) in [6.07, 6.45) is -2.71. The quantitative estimate of drug-likeness (QED) is 0.677. The van der Waals surface area contributed by atoms with Crippen LogP contribution in [0.5, 0.6) is 0 Å². The van der Waals surface area contributed by atoms with E-state index in [1.807, 2.05) is 0 Å². The first-order chi connectivity index (χ1) is 6.59. The molecule has 2 aromatic rings. The van der Waals surface area contributed by atoms with Gasteiger partial charge in [-0.15, -0.1) is 11.3 Å². The number of thiophene rings is 1. The molecule has 0 unspecified atom stereocenters. The molecule has 0 saturated heterocycles. The lowest BCUT2D eigenvalue weighted by atomic mass is 10.1. The molecular weight excluding hydrogens is 233 g/mol. The average Bonchev–Trinajstić information content (AvgIpc) is 2.46. The molecule has 0 saturated carbocycles. The fraction of sp³-hybridized carbons (Fsp3) is 0.111. The summed E-state index contributed by atoms with van der Waals surface area (Å²) in [5, 5.41) is 2.03. The van der Waals surface area contributed by atoms with E-state index >= 15 is 0 Å². The van der Waals surface area contributed by atoms with Gasteiger partial charge >= 0.3 is 0 Å². The first-order valence-electron chi connectivity index (χ1n) is 3.74. The average molecular weight is 237 g/mol. The Labute approximate surface area is 86.9 Å². The zero-order valence-corrected chi connectivity index (χ0v) is 8.30. The van der Waals surface area contributed by atoms with E-state index in [-0.39, 0.29) is 16.0 Å². The first-order valence-corrected chi connectivity index (χ1v) is 4.99. The van der Waals surface area contributed by atoms with Crippen molar-refractivity contribution in [2.75, 3.05) is 0 Å². The number of hydrogen-bond donors (Lipinski definition) is 0. The van der Waals surface area contributed by atoms with Crippen molar-refractivity contribution < 1.29 is 13.2 Å². The molecule has 0 atom stereocenters. The molecule has 0 aliphatic rings. The van der Waals surface area contributed by atoms with Gasteiger partial charge in [0, 0.05) is 21.0 Å². The third kappa shape index (κ3) is 1.48. The highest BCUT2D eigenvalue weighted by molar-refractivity contribution is 7.17. The van der Waals surface area contributed by atoms with Gasteiger partial charge in [-0.1, -0.05) is 11.6 Å². The predicted molar refractivity (Wildman–Crippen MR) is 51.8 cm³/mol. The molecule has 0 fully saturated rings. The fourth-order valence-electron chi connectivity index (χ4n) is 1.30. The molecule has 0 N–H and O–H groups in total. The van der Waals surface area contributed by atoms with E-state index in [0.717, 1.165) is 17.4 Å². The van der Waals surface area contributed by atoms with Crippen LogP contribution in [0.25, 0.3) is 10.1 Å². The van der Waals surface area contributed by atoms with Gasteiger partial charge in [-0.05, 0) is 12.1 Å². The van der Waals surface area contributed by atoms with Crippen LogP contribution in [0.4, 0.5) is 13.2 Å². The van der Waals surface area contributed by atoms with Gasteiger partial charge in [0.15, 0.2) is 0 Å². The number of alkyl halides is 2. The van der Waals surface area contributed by atoms with Gasteiger partial charge in [0.2, 0.25) is 0 Å². The second-order valence-electron chi connectivity index (χ2n) is 2.75. The third-order valence-electron chi connectivity index (χ3n) is 1.86. The van der Waals surface area contributed by atoms with Crippen LogP contribution in [0, 0.1) is 5.82 Å². The Morgan fingerprint density at radius 1 is 1.29 bits per heavy atom. The highest BCUT2D eigenvalue weighted by Gasteiger charge is 2.16. The highest BCUT2D eigenvalue weighted by atomic mass is 35.5. The SMILES string of the molecule is Fc1cc(C(F)F)c2c(Cl)csc2c1. The van der Waals surface area contributed by atoms with Gasteiger partial charge in [-0.3, -0.25) is 0 Å². The van der Waals surface area contributed by atoms with Crippen molar-refractivity contribution in [2.45, 2.75) is 6.43 Å². The summed E-state index contributed by atoms with van der Waals surface area (Å²) in [5.41, 5.74) is -0.341. The van der Waals surface area contributed by atoms with Crippen LogP contribution < -0.4 is 0 Å². The zero-order chi connectivity index (χ0) is 10.3. The van der Waals surface area contributed by atoms with Crippen LogP contribution in [0.1, 0.15) is 12.0 Å². The van der Waals surface area contributed by atoms with Crippen molar-refractivity contribution in [3.05, 3.63) is 33.9 Å². The lowest BCUT2D eigenvalue weighted by Gasteiger charge is -2.02. The summed E-state index contributed by atoms with van der Waals surface area (Å²) in [6, 6.07) is 2.03. The molecular formula is C9H4ClF3S. The number of hydrogen-bond acceptors (Lipinski definition) is 1. The second kappa shape index (κ2) is 3.44. The second-order valence-corrected chi connectivity index (χ2v) is 4.07. The fourth-order valence-corrected chi connectivity index (χ4v) is 2.57. The first kappa shape index (κ1) is 9.80. The maximum atomic E-state index is 12.9. The van der Waals surface area contributed by atoms with E-state index in [9.17, 15) is 13.2 Å². The van der Waals surface area contributed by atoms with E-state index in [2.05, 4.69) is 0 Å². The third-order valence-corrected chi connectivity index (χ3v) is 3.22. The molecule has 74 valence electrons. The van der Waals surface area contributed by atoms with Gasteiger partial charge in [-0.2, -0.15) is 0 Å². The Kier molecular flexibility index (Phi) is 2.41.